The summed E-state index contributed by atoms with van der Waals surface area (Å²) < 4.78 is 12.5. The summed E-state index contributed by atoms with van der Waals surface area (Å²) in [5.74, 6) is 0.632. The molecule has 52 heavy (non-hydrogen) atoms. The first-order valence-electron chi connectivity index (χ1n) is 17.5. The van der Waals surface area contributed by atoms with Gasteiger partial charge in [-0.25, -0.2) is 10.4 Å². The summed E-state index contributed by atoms with van der Waals surface area (Å²) in [6, 6.07) is 43.4. The predicted molar refractivity (Wildman–Crippen MR) is 203 cm³/mol. The smallest absolute Gasteiger partial charge is 0.266 e. The molecule has 1 aliphatic rings. The van der Waals surface area contributed by atoms with Crippen molar-refractivity contribution in [2.75, 3.05) is 19.8 Å². The number of aliphatic hydroxyl groups is 1. The molecule has 0 bridgehead atoms. The highest BCUT2D eigenvalue weighted by Crippen LogP contribution is 2.43. The molecule has 0 spiro atoms. The van der Waals surface area contributed by atoms with Crippen molar-refractivity contribution >= 4 is 11.8 Å². The Hall–Kier alpha value is -5.93. The lowest BCUT2D eigenvalue weighted by Crippen LogP contribution is -2.54. The second kappa shape index (κ2) is 17.8. The number of aliphatic imine (C=N–C) groups is 1. The van der Waals surface area contributed by atoms with E-state index in [1.165, 1.54) is 5.56 Å². The van der Waals surface area contributed by atoms with Crippen LogP contribution in [0.5, 0.6) is 5.75 Å². The fourth-order valence-electron chi connectivity index (χ4n) is 6.32. The zero-order valence-electron chi connectivity index (χ0n) is 28.9. The Balaban J connectivity index is 1.36. The van der Waals surface area contributed by atoms with Crippen molar-refractivity contribution in [3.63, 3.8) is 0 Å². The van der Waals surface area contributed by atoms with Crippen molar-refractivity contribution in [1.82, 2.24) is 10.9 Å². The van der Waals surface area contributed by atoms with E-state index >= 15 is 0 Å². The van der Waals surface area contributed by atoms with E-state index in [0.29, 0.717) is 36.8 Å². The Morgan fingerprint density at radius 3 is 2.19 bits per heavy atom. The SMILES string of the molecule is [N-]=[N+]=NCc1ccccc1C[C@]1(C(=O)NNCCCc2ccccc2)N=C(c2ccc(OCCCO)cc2)O[C@H]1c1ccc(-c2ccccc2)cc1. The van der Waals surface area contributed by atoms with E-state index in [1.807, 2.05) is 109 Å². The van der Waals surface area contributed by atoms with Gasteiger partial charge >= 0.3 is 0 Å². The van der Waals surface area contributed by atoms with E-state index < -0.39 is 11.6 Å². The number of carbonyl (C=O) groups is 1. The summed E-state index contributed by atoms with van der Waals surface area (Å²) in [4.78, 5) is 22.8. The normalized spacial score (nSPS) is 16.3. The van der Waals surface area contributed by atoms with Gasteiger partial charge in [0.2, 0.25) is 5.90 Å². The highest BCUT2D eigenvalue weighted by atomic mass is 16.5. The molecule has 10 heteroatoms. The van der Waals surface area contributed by atoms with Crippen LogP contribution < -0.4 is 15.6 Å². The van der Waals surface area contributed by atoms with Crippen LogP contribution in [0.25, 0.3) is 21.6 Å². The van der Waals surface area contributed by atoms with Gasteiger partial charge in [-0.3, -0.25) is 10.2 Å². The third kappa shape index (κ3) is 8.86. The number of rotatable bonds is 17. The Morgan fingerprint density at radius 1 is 0.827 bits per heavy atom. The minimum Gasteiger partial charge on any atom is -0.494 e. The number of hydrogen-bond donors (Lipinski definition) is 3. The zero-order chi connectivity index (χ0) is 36.0. The molecule has 5 aromatic rings. The highest BCUT2D eigenvalue weighted by molar-refractivity contribution is 6.01. The molecule has 264 valence electrons. The Morgan fingerprint density at radius 2 is 1.48 bits per heavy atom. The van der Waals surface area contributed by atoms with Gasteiger partial charge in [-0.15, -0.1) is 0 Å². The molecule has 0 aliphatic carbocycles. The summed E-state index contributed by atoms with van der Waals surface area (Å²) in [5, 5.41) is 13.0. The molecular weight excluding hydrogens is 652 g/mol. The summed E-state index contributed by atoms with van der Waals surface area (Å²) in [6.45, 7) is 1.13. The van der Waals surface area contributed by atoms with E-state index in [-0.39, 0.29) is 25.5 Å². The number of nitrogens with zero attached hydrogens (tertiary/aromatic N) is 4. The molecule has 0 saturated heterocycles. The summed E-state index contributed by atoms with van der Waals surface area (Å²) in [5.41, 5.74) is 20.2. The van der Waals surface area contributed by atoms with Crippen LogP contribution in [-0.4, -0.2) is 42.2 Å². The van der Waals surface area contributed by atoms with Gasteiger partial charge in [0.1, 0.15) is 5.75 Å². The first-order valence-corrected chi connectivity index (χ1v) is 17.5. The number of ether oxygens (including phenoxy) is 2. The van der Waals surface area contributed by atoms with Crippen LogP contribution in [0.2, 0.25) is 0 Å². The molecule has 10 nitrogen and oxygen atoms in total. The summed E-state index contributed by atoms with van der Waals surface area (Å²) in [6.07, 6.45) is 1.59. The van der Waals surface area contributed by atoms with Crippen LogP contribution in [0.4, 0.5) is 0 Å². The number of aliphatic hydroxyl groups excluding tert-OH is 1. The van der Waals surface area contributed by atoms with Crippen LogP contribution in [0.15, 0.2) is 144 Å². The maximum Gasteiger partial charge on any atom is 0.266 e. The van der Waals surface area contributed by atoms with Gasteiger partial charge in [0.25, 0.3) is 5.91 Å². The Bertz CT molecular complexity index is 1980. The number of hydrazine groups is 1. The second-order valence-corrected chi connectivity index (χ2v) is 12.6. The van der Waals surface area contributed by atoms with Crippen molar-refractivity contribution in [3.05, 3.63) is 172 Å². The van der Waals surface area contributed by atoms with Gasteiger partial charge in [0, 0.05) is 36.5 Å². The summed E-state index contributed by atoms with van der Waals surface area (Å²) in [7, 11) is 0. The van der Waals surface area contributed by atoms with E-state index in [0.717, 1.165) is 40.7 Å². The van der Waals surface area contributed by atoms with E-state index in [9.17, 15) is 4.79 Å². The maximum absolute atomic E-state index is 14.7. The average molecular weight is 695 g/mol. The van der Waals surface area contributed by atoms with Gasteiger partial charge in [0.05, 0.1) is 13.2 Å². The molecule has 0 saturated carbocycles. The topological polar surface area (TPSA) is 141 Å². The van der Waals surface area contributed by atoms with Crippen LogP contribution in [-0.2, 0) is 28.9 Å². The molecule has 1 aliphatic heterocycles. The van der Waals surface area contributed by atoms with Crippen LogP contribution >= 0.6 is 0 Å². The molecule has 6 rings (SSSR count). The molecule has 0 fully saturated rings. The van der Waals surface area contributed by atoms with Gasteiger partial charge in [-0.2, -0.15) is 0 Å². The number of hydrogen-bond acceptors (Lipinski definition) is 7. The minimum absolute atomic E-state index is 0.0501. The molecule has 3 N–H and O–H groups in total. The van der Waals surface area contributed by atoms with Crippen molar-refractivity contribution in [3.8, 4) is 16.9 Å². The molecular formula is C42H42N6O4. The number of carbonyl (C=O) groups excluding carboxylic acids is 1. The van der Waals surface area contributed by atoms with E-state index in [1.54, 1.807) is 0 Å². The zero-order valence-corrected chi connectivity index (χ0v) is 28.9. The Labute approximate surface area is 303 Å². The molecule has 1 heterocycles. The highest BCUT2D eigenvalue weighted by Gasteiger charge is 2.53. The van der Waals surface area contributed by atoms with Crippen molar-refractivity contribution in [1.29, 1.82) is 0 Å². The lowest BCUT2D eigenvalue weighted by Gasteiger charge is -2.31. The van der Waals surface area contributed by atoms with E-state index in [4.69, 9.17) is 25.1 Å². The monoisotopic (exact) mass is 694 g/mol. The lowest BCUT2D eigenvalue weighted by atomic mass is 9.80. The van der Waals surface area contributed by atoms with Gasteiger partial charge in [0.15, 0.2) is 11.6 Å². The first-order chi connectivity index (χ1) is 25.6. The van der Waals surface area contributed by atoms with Crippen molar-refractivity contribution in [2.24, 2.45) is 10.1 Å². The van der Waals surface area contributed by atoms with Crippen LogP contribution in [0.1, 0.15) is 46.8 Å². The van der Waals surface area contributed by atoms with Gasteiger partial charge in [-0.1, -0.05) is 114 Å². The molecule has 0 unspecified atom stereocenters. The number of azide groups is 1. The predicted octanol–water partition coefficient (Wildman–Crippen LogP) is 7.68. The molecule has 0 aromatic heterocycles. The molecule has 0 radical (unpaired) electrons. The molecule has 2 atom stereocenters. The quantitative estimate of drug-likeness (QED) is 0.0301. The average Bonchev–Trinajstić information content (AvgIpc) is 3.59. The number of nitrogens with one attached hydrogen (secondary N) is 2. The third-order valence-corrected chi connectivity index (χ3v) is 9.05. The van der Waals surface area contributed by atoms with Crippen LogP contribution in [0, 0.1) is 0 Å². The van der Waals surface area contributed by atoms with Gasteiger partial charge in [-0.05, 0) is 76.0 Å². The molecule has 1 amide bonds. The largest absolute Gasteiger partial charge is 0.494 e. The lowest BCUT2D eigenvalue weighted by molar-refractivity contribution is -0.130. The van der Waals surface area contributed by atoms with Crippen LogP contribution in [0.3, 0.4) is 0 Å². The Kier molecular flexibility index (Phi) is 12.3. The second-order valence-electron chi connectivity index (χ2n) is 12.6. The maximum atomic E-state index is 14.7. The third-order valence-electron chi connectivity index (χ3n) is 9.05. The number of amides is 1. The standard InChI is InChI=1S/C42H42N6O4/c43-48-45-30-37-17-8-7-16-36(37)29-42(41(50)47-44-26-9-13-31-11-3-1-4-12-31)39(34-20-18-33(19-21-34)32-14-5-2-6-15-32)52-40(46-42)35-22-24-38(25-23-35)51-28-10-27-49/h1-8,11-12,14-25,39,44,49H,9-10,13,26-30H2,(H,47,50)/t39-,42-/m0/s1. The van der Waals surface area contributed by atoms with Gasteiger partial charge < -0.3 is 14.6 Å². The van der Waals surface area contributed by atoms with E-state index in [2.05, 4.69) is 45.1 Å². The fourth-order valence-corrected chi connectivity index (χ4v) is 6.32. The fraction of sp³-hybridized carbons (Fsp3) is 0.238. The number of benzene rings is 5. The van der Waals surface area contributed by atoms with Crippen molar-refractivity contribution < 1.29 is 19.4 Å². The van der Waals surface area contributed by atoms with Crippen molar-refractivity contribution in [2.45, 2.75) is 43.9 Å². The number of aryl methyl sites for hydroxylation is 1. The summed E-state index contributed by atoms with van der Waals surface area (Å²) >= 11 is 0. The molecule has 5 aromatic carbocycles. The first kappa shape index (κ1) is 35.9. The minimum atomic E-state index is -1.45.